The first-order valence-corrected chi connectivity index (χ1v) is 8.30. The van der Waals surface area contributed by atoms with Crippen molar-refractivity contribution in [2.45, 2.75) is 38.5 Å². The van der Waals surface area contributed by atoms with Gasteiger partial charge in [-0.25, -0.2) is 9.97 Å². The highest BCUT2D eigenvalue weighted by Crippen LogP contribution is 2.25. The lowest BCUT2D eigenvalue weighted by Crippen LogP contribution is -2.30. The number of hydrogen-bond acceptors (Lipinski definition) is 5. The summed E-state index contributed by atoms with van der Waals surface area (Å²) in [5.41, 5.74) is 1.15. The largest absolute Gasteiger partial charge is 0.368 e. The van der Waals surface area contributed by atoms with Crippen LogP contribution < -0.4 is 10.6 Å². The van der Waals surface area contributed by atoms with Crippen molar-refractivity contribution in [1.82, 2.24) is 20.2 Å². The summed E-state index contributed by atoms with van der Waals surface area (Å²) in [6, 6.07) is 2.08. The van der Waals surface area contributed by atoms with Crippen LogP contribution in [0.2, 0.25) is 0 Å². The maximum absolute atomic E-state index is 11.6. The zero-order valence-electron chi connectivity index (χ0n) is 13.3. The molecule has 3 rings (SSSR count). The minimum atomic E-state index is 0.274. The van der Waals surface area contributed by atoms with Crippen molar-refractivity contribution >= 4 is 11.7 Å². The van der Waals surface area contributed by atoms with Gasteiger partial charge in [0.2, 0.25) is 5.91 Å². The summed E-state index contributed by atoms with van der Waals surface area (Å²) >= 11 is 0. The number of piperidine rings is 1. The summed E-state index contributed by atoms with van der Waals surface area (Å²) in [4.78, 5) is 22.6. The number of likely N-dealkylation sites (tertiary alicyclic amines) is 1. The van der Waals surface area contributed by atoms with Gasteiger partial charge in [0.05, 0.1) is 0 Å². The lowest BCUT2D eigenvalue weighted by Gasteiger charge is -2.23. The smallest absolute Gasteiger partial charge is 0.222 e. The van der Waals surface area contributed by atoms with Crippen LogP contribution in [-0.2, 0) is 4.79 Å². The van der Waals surface area contributed by atoms with Gasteiger partial charge in [-0.1, -0.05) is 0 Å². The standard InChI is InChI=1S/C16H25N5O/c1-12-19-14(13-4-6-17-7-5-13)11-15(20-12)18-8-10-21-9-2-3-16(21)22/h11,13,17H,2-10H2,1H3,(H,18,19,20). The molecule has 22 heavy (non-hydrogen) atoms. The van der Waals surface area contributed by atoms with Crippen LogP contribution in [0.1, 0.15) is 43.1 Å². The third-order valence-corrected chi connectivity index (χ3v) is 4.47. The minimum Gasteiger partial charge on any atom is -0.368 e. The van der Waals surface area contributed by atoms with E-state index in [1.807, 2.05) is 11.8 Å². The van der Waals surface area contributed by atoms with Crippen LogP contribution in [0.25, 0.3) is 0 Å². The topological polar surface area (TPSA) is 70.2 Å². The Balaban J connectivity index is 1.58. The lowest BCUT2D eigenvalue weighted by atomic mass is 9.94. The summed E-state index contributed by atoms with van der Waals surface area (Å²) in [5, 5.41) is 6.74. The van der Waals surface area contributed by atoms with Crippen molar-refractivity contribution in [2.24, 2.45) is 0 Å². The Morgan fingerprint density at radius 2 is 2.18 bits per heavy atom. The van der Waals surface area contributed by atoms with E-state index in [1.165, 1.54) is 0 Å². The average Bonchev–Trinajstić information content (AvgIpc) is 2.93. The normalized spacial score (nSPS) is 19.7. The number of nitrogens with zero attached hydrogens (tertiary/aromatic N) is 3. The number of aromatic nitrogens is 2. The van der Waals surface area contributed by atoms with Crippen molar-refractivity contribution in [3.8, 4) is 0 Å². The van der Waals surface area contributed by atoms with E-state index in [2.05, 4.69) is 26.7 Å². The number of hydrogen-bond donors (Lipinski definition) is 2. The molecular formula is C16H25N5O. The van der Waals surface area contributed by atoms with E-state index in [-0.39, 0.29) is 5.91 Å². The van der Waals surface area contributed by atoms with Gasteiger partial charge in [0.25, 0.3) is 0 Å². The molecule has 1 amide bonds. The molecule has 1 aromatic heterocycles. The third kappa shape index (κ3) is 3.74. The highest BCUT2D eigenvalue weighted by atomic mass is 16.2. The van der Waals surface area contributed by atoms with Crippen molar-refractivity contribution in [1.29, 1.82) is 0 Å². The number of rotatable bonds is 5. The Bertz CT molecular complexity index is 527. The van der Waals surface area contributed by atoms with E-state index in [1.54, 1.807) is 0 Å². The summed E-state index contributed by atoms with van der Waals surface area (Å²) in [6.45, 7) is 6.46. The highest BCUT2D eigenvalue weighted by molar-refractivity contribution is 5.78. The Labute approximate surface area is 131 Å². The van der Waals surface area contributed by atoms with E-state index >= 15 is 0 Å². The molecule has 0 unspecified atom stereocenters. The van der Waals surface area contributed by atoms with Gasteiger partial charge in [-0.15, -0.1) is 0 Å². The van der Waals surface area contributed by atoms with E-state index in [4.69, 9.17) is 0 Å². The monoisotopic (exact) mass is 303 g/mol. The van der Waals surface area contributed by atoms with Crippen LogP contribution in [0.3, 0.4) is 0 Å². The summed E-state index contributed by atoms with van der Waals surface area (Å²) in [7, 11) is 0. The quantitative estimate of drug-likeness (QED) is 0.857. The second-order valence-electron chi connectivity index (χ2n) is 6.16. The number of aryl methyl sites for hydroxylation is 1. The molecule has 2 aliphatic heterocycles. The summed E-state index contributed by atoms with van der Waals surface area (Å²) in [6.07, 6.45) is 3.97. The fourth-order valence-electron chi connectivity index (χ4n) is 3.27. The van der Waals surface area contributed by atoms with Gasteiger partial charge in [0.15, 0.2) is 0 Å². The van der Waals surface area contributed by atoms with Gasteiger partial charge >= 0.3 is 0 Å². The van der Waals surface area contributed by atoms with Crippen LogP contribution in [-0.4, -0.2) is 53.5 Å². The fourth-order valence-corrected chi connectivity index (χ4v) is 3.27. The van der Waals surface area contributed by atoms with Crippen molar-refractivity contribution in [2.75, 3.05) is 38.0 Å². The van der Waals surface area contributed by atoms with Gasteiger partial charge in [-0.05, 0) is 39.3 Å². The zero-order valence-corrected chi connectivity index (χ0v) is 13.3. The lowest BCUT2D eigenvalue weighted by molar-refractivity contribution is -0.127. The number of anilines is 1. The maximum Gasteiger partial charge on any atom is 0.222 e. The van der Waals surface area contributed by atoms with Gasteiger partial charge < -0.3 is 15.5 Å². The van der Waals surface area contributed by atoms with Crippen LogP contribution in [0.4, 0.5) is 5.82 Å². The molecule has 120 valence electrons. The van der Waals surface area contributed by atoms with E-state index < -0.39 is 0 Å². The maximum atomic E-state index is 11.6. The minimum absolute atomic E-state index is 0.274. The second-order valence-corrected chi connectivity index (χ2v) is 6.16. The molecule has 2 N–H and O–H groups in total. The van der Waals surface area contributed by atoms with E-state index in [0.717, 1.165) is 69.3 Å². The molecule has 6 nitrogen and oxygen atoms in total. The zero-order chi connectivity index (χ0) is 15.4. The summed E-state index contributed by atoms with van der Waals surface area (Å²) < 4.78 is 0. The molecule has 0 aliphatic carbocycles. The molecule has 6 heteroatoms. The SMILES string of the molecule is Cc1nc(NCCN2CCCC2=O)cc(C2CCNCC2)n1. The first-order valence-electron chi connectivity index (χ1n) is 8.30. The summed E-state index contributed by atoms with van der Waals surface area (Å²) in [5.74, 6) is 2.50. The molecule has 0 spiro atoms. The van der Waals surface area contributed by atoms with Crippen molar-refractivity contribution in [3.05, 3.63) is 17.6 Å². The van der Waals surface area contributed by atoms with Crippen molar-refractivity contribution < 1.29 is 4.79 Å². The van der Waals surface area contributed by atoms with Crippen molar-refractivity contribution in [3.63, 3.8) is 0 Å². The number of amides is 1. The average molecular weight is 303 g/mol. The van der Waals surface area contributed by atoms with Crippen LogP contribution in [0, 0.1) is 6.92 Å². The molecular weight excluding hydrogens is 278 g/mol. The van der Waals surface area contributed by atoms with Gasteiger partial charge in [0, 0.05) is 43.7 Å². The molecule has 2 saturated heterocycles. The first kappa shape index (κ1) is 15.2. The molecule has 0 radical (unpaired) electrons. The van der Waals surface area contributed by atoms with E-state index in [9.17, 15) is 4.79 Å². The van der Waals surface area contributed by atoms with Crippen LogP contribution >= 0.6 is 0 Å². The van der Waals surface area contributed by atoms with Gasteiger partial charge in [0.1, 0.15) is 11.6 Å². The highest BCUT2D eigenvalue weighted by Gasteiger charge is 2.20. The second kappa shape index (κ2) is 7.05. The molecule has 3 heterocycles. The van der Waals surface area contributed by atoms with Gasteiger partial charge in [-0.3, -0.25) is 4.79 Å². The third-order valence-electron chi connectivity index (χ3n) is 4.47. The van der Waals surface area contributed by atoms with E-state index in [0.29, 0.717) is 12.3 Å². The van der Waals surface area contributed by atoms with Gasteiger partial charge in [-0.2, -0.15) is 0 Å². The molecule has 0 bridgehead atoms. The molecule has 1 aromatic rings. The molecule has 0 saturated carbocycles. The number of nitrogens with one attached hydrogen (secondary N) is 2. The molecule has 0 aromatic carbocycles. The number of carbonyl (C=O) groups is 1. The molecule has 0 atom stereocenters. The Morgan fingerprint density at radius 3 is 2.91 bits per heavy atom. The Morgan fingerprint density at radius 1 is 1.36 bits per heavy atom. The fraction of sp³-hybridized carbons (Fsp3) is 0.688. The van der Waals surface area contributed by atoms with Crippen LogP contribution in [0.5, 0.6) is 0 Å². The predicted octanol–water partition coefficient (Wildman–Crippen LogP) is 1.29. The van der Waals surface area contributed by atoms with Crippen LogP contribution in [0.15, 0.2) is 6.07 Å². The Hall–Kier alpha value is -1.69. The molecule has 2 fully saturated rings. The predicted molar refractivity (Wildman–Crippen MR) is 85.9 cm³/mol. The number of carbonyl (C=O) groups excluding carboxylic acids is 1. The Kier molecular flexibility index (Phi) is 4.87. The molecule has 2 aliphatic rings. The first-order chi connectivity index (χ1) is 10.7.